The number of ketones is 1. The zero-order valence-corrected chi connectivity index (χ0v) is 18.5. The van der Waals surface area contributed by atoms with Crippen LogP contribution in [0.5, 0.6) is 0 Å². The van der Waals surface area contributed by atoms with Crippen LogP contribution in [0.4, 0.5) is 0 Å². The van der Waals surface area contributed by atoms with E-state index in [1.807, 2.05) is 0 Å². The van der Waals surface area contributed by atoms with Gasteiger partial charge in [0.2, 0.25) is 14.1 Å². The Morgan fingerprint density at radius 1 is 1.40 bits per heavy atom. The average molecular weight is 361 g/mol. The summed E-state index contributed by atoms with van der Waals surface area (Å²) in [6.07, 6.45) is 5.08. The molecule has 0 N–H and O–H groups in total. The van der Waals surface area contributed by atoms with Crippen LogP contribution in [0.3, 0.4) is 0 Å². The summed E-state index contributed by atoms with van der Waals surface area (Å²) in [6, 6.07) is 0. The summed E-state index contributed by atoms with van der Waals surface area (Å²) in [6.45, 7) is 21.6. The maximum atomic E-state index is 11.8. The van der Waals surface area contributed by atoms with Crippen molar-refractivity contribution in [1.82, 2.24) is 0 Å². The lowest BCUT2D eigenvalue weighted by Crippen LogP contribution is -2.40. The Morgan fingerprint density at radius 2 is 2.00 bits per heavy atom. The molecule has 0 aromatic heterocycles. The van der Waals surface area contributed by atoms with Crippen molar-refractivity contribution in [2.75, 3.05) is 0 Å². The maximum absolute atomic E-state index is 11.8. The van der Waals surface area contributed by atoms with Gasteiger partial charge in [-0.25, -0.2) is 0 Å². The molecule has 0 saturated heterocycles. The van der Waals surface area contributed by atoms with Gasteiger partial charge in [-0.1, -0.05) is 53.2 Å². The summed E-state index contributed by atoms with van der Waals surface area (Å²) in [5.74, 6) is 7.41. The van der Waals surface area contributed by atoms with E-state index in [0.29, 0.717) is 24.2 Å². The molecule has 1 aliphatic carbocycles. The summed E-state index contributed by atoms with van der Waals surface area (Å²) in [5, 5.41) is 0.159. The molecule has 0 heterocycles. The van der Waals surface area contributed by atoms with Gasteiger partial charge in [-0.15, -0.1) is 0 Å². The van der Waals surface area contributed by atoms with Crippen molar-refractivity contribution in [3.05, 3.63) is 24.0 Å². The highest BCUT2D eigenvalue weighted by Crippen LogP contribution is 2.42. The number of allylic oxidation sites excluding steroid dienone is 2. The third kappa shape index (κ3) is 5.89. The van der Waals surface area contributed by atoms with Gasteiger partial charge in [0.1, 0.15) is 0 Å². The molecule has 2 nitrogen and oxygen atoms in total. The molecule has 0 radical (unpaired) electrons. The topological polar surface area (TPSA) is 26.3 Å². The first-order valence-corrected chi connectivity index (χ1v) is 12.4. The first-order chi connectivity index (χ1) is 11.4. The van der Waals surface area contributed by atoms with E-state index in [1.54, 1.807) is 6.92 Å². The second-order valence-corrected chi connectivity index (χ2v) is 13.8. The summed E-state index contributed by atoms with van der Waals surface area (Å²) in [4.78, 5) is 11.8. The maximum Gasteiger partial charge on any atom is 0.250 e. The van der Waals surface area contributed by atoms with Crippen LogP contribution >= 0.6 is 0 Å². The van der Waals surface area contributed by atoms with Crippen LogP contribution in [0.15, 0.2) is 24.0 Å². The fourth-order valence-electron chi connectivity index (χ4n) is 3.05. The minimum atomic E-state index is -1.88. The molecular weight excluding hydrogens is 324 g/mol. The Hall–Kier alpha value is -1.27. The highest BCUT2D eigenvalue weighted by atomic mass is 28.4. The van der Waals surface area contributed by atoms with Crippen molar-refractivity contribution in [3.8, 4) is 11.8 Å². The van der Waals surface area contributed by atoms with Gasteiger partial charge in [0, 0.05) is 6.42 Å². The monoisotopic (exact) mass is 360 g/mol. The molecule has 0 amide bonds. The van der Waals surface area contributed by atoms with Crippen molar-refractivity contribution < 1.29 is 9.22 Å². The molecule has 25 heavy (non-hydrogen) atoms. The van der Waals surface area contributed by atoms with E-state index in [-0.39, 0.29) is 10.8 Å². The fourth-order valence-corrected chi connectivity index (χ4v) is 4.09. The first-order valence-electron chi connectivity index (χ1n) is 9.44. The van der Waals surface area contributed by atoms with Crippen molar-refractivity contribution in [2.45, 2.75) is 78.9 Å². The zero-order chi connectivity index (χ0) is 19.4. The lowest BCUT2D eigenvalue weighted by molar-refractivity contribution is -0.114. The van der Waals surface area contributed by atoms with E-state index >= 15 is 0 Å². The van der Waals surface area contributed by atoms with Gasteiger partial charge in [0.25, 0.3) is 0 Å². The van der Waals surface area contributed by atoms with E-state index in [1.165, 1.54) is 5.57 Å². The largest absolute Gasteiger partial charge is 0.544 e. The highest BCUT2D eigenvalue weighted by molar-refractivity contribution is 6.74. The summed E-state index contributed by atoms with van der Waals surface area (Å²) < 4.78 is 6.45. The SMILES string of the molecule is C=C(O[Si](C)(C)C(C)(C)C)C1=C[C@@H]([C@@H](C)CC(=O)C#CC)CC[C@@H]1C. The Labute approximate surface area is 156 Å². The van der Waals surface area contributed by atoms with Crippen LogP contribution in [0, 0.1) is 29.6 Å². The van der Waals surface area contributed by atoms with Crippen molar-refractivity contribution in [3.63, 3.8) is 0 Å². The molecule has 0 spiro atoms. The van der Waals surface area contributed by atoms with Crippen LogP contribution < -0.4 is 0 Å². The van der Waals surface area contributed by atoms with Gasteiger partial charge in [0.05, 0.1) is 5.76 Å². The molecule has 0 aromatic carbocycles. The molecule has 1 rings (SSSR count). The normalized spacial score (nSPS) is 22.3. The molecule has 1 aliphatic rings. The smallest absolute Gasteiger partial charge is 0.250 e. The van der Waals surface area contributed by atoms with E-state index in [2.05, 4.69) is 72.2 Å². The fraction of sp³-hybridized carbons (Fsp3) is 0.682. The van der Waals surface area contributed by atoms with E-state index in [9.17, 15) is 4.79 Å². The summed E-state index contributed by atoms with van der Waals surface area (Å²) in [7, 11) is -1.88. The van der Waals surface area contributed by atoms with Gasteiger partial charge >= 0.3 is 0 Å². The molecule has 0 fully saturated rings. The summed E-state index contributed by atoms with van der Waals surface area (Å²) >= 11 is 0. The molecule has 0 aromatic rings. The Kier molecular flexibility index (Phi) is 7.32. The molecule has 0 unspecified atom stereocenters. The lowest BCUT2D eigenvalue weighted by Gasteiger charge is -2.39. The molecule has 140 valence electrons. The lowest BCUT2D eigenvalue weighted by atomic mass is 9.76. The van der Waals surface area contributed by atoms with Gasteiger partial charge in [-0.2, -0.15) is 0 Å². The quantitative estimate of drug-likeness (QED) is 0.247. The van der Waals surface area contributed by atoms with Crippen molar-refractivity contribution in [1.29, 1.82) is 0 Å². The van der Waals surface area contributed by atoms with Crippen LogP contribution in [-0.4, -0.2) is 14.1 Å². The number of hydrogen-bond acceptors (Lipinski definition) is 2. The molecule has 0 saturated carbocycles. The number of hydrogen-bond donors (Lipinski definition) is 0. The number of rotatable bonds is 6. The van der Waals surface area contributed by atoms with Crippen LogP contribution in [0.2, 0.25) is 18.1 Å². The van der Waals surface area contributed by atoms with Crippen LogP contribution in [0.1, 0.15) is 60.8 Å². The zero-order valence-electron chi connectivity index (χ0n) is 17.5. The van der Waals surface area contributed by atoms with Gasteiger partial charge < -0.3 is 4.43 Å². The van der Waals surface area contributed by atoms with Crippen LogP contribution in [-0.2, 0) is 9.22 Å². The Balaban J connectivity index is 2.92. The predicted octanol–water partition coefficient (Wildman–Crippen LogP) is 6.11. The second kappa shape index (κ2) is 8.41. The van der Waals surface area contributed by atoms with Gasteiger partial charge in [-0.05, 0) is 67.1 Å². The molecule has 0 aliphatic heterocycles. The minimum Gasteiger partial charge on any atom is -0.544 e. The molecule has 3 heteroatoms. The van der Waals surface area contributed by atoms with E-state index in [0.717, 1.165) is 18.6 Å². The van der Waals surface area contributed by atoms with E-state index in [4.69, 9.17) is 4.43 Å². The Bertz CT molecular complexity index is 596. The highest BCUT2D eigenvalue weighted by Gasteiger charge is 2.40. The van der Waals surface area contributed by atoms with Crippen LogP contribution in [0.25, 0.3) is 0 Å². The van der Waals surface area contributed by atoms with Crippen molar-refractivity contribution >= 4 is 14.1 Å². The number of carbonyl (C=O) groups is 1. The third-order valence-electron chi connectivity index (χ3n) is 5.87. The Morgan fingerprint density at radius 3 is 2.52 bits per heavy atom. The number of carbonyl (C=O) groups excluding carboxylic acids is 1. The van der Waals surface area contributed by atoms with Gasteiger partial charge in [0.15, 0.2) is 0 Å². The third-order valence-corrected chi connectivity index (χ3v) is 10.2. The molecular formula is C22H36O2Si. The van der Waals surface area contributed by atoms with E-state index < -0.39 is 8.32 Å². The molecule has 0 bridgehead atoms. The predicted molar refractivity (Wildman–Crippen MR) is 110 cm³/mol. The minimum absolute atomic E-state index is 0.0416. The average Bonchev–Trinajstić information content (AvgIpc) is 2.45. The standard InChI is InChI=1S/C22H36O2Si/c1-10-11-20(23)14-17(3)19-13-12-16(2)21(15-19)18(4)24-25(8,9)22(5,6)7/h15-17,19H,4,12-14H2,1-3,5-9H3/t16-,17-,19-/m0/s1. The second-order valence-electron chi connectivity index (χ2n) is 9.03. The summed E-state index contributed by atoms with van der Waals surface area (Å²) in [5.41, 5.74) is 1.24. The number of Topliss-reactive ketones (excluding diaryl/α,β-unsaturated/α-hetero) is 1. The van der Waals surface area contributed by atoms with Gasteiger partial charge in [-0.3, -0.25) is 4.79 Å². The first kappa shape index (κ1) is 21.8. The van der Waals surface area contributed by atoms with Crippen molar-refractivity contribution in [2.24, 2.45) is 17.8 Å². The molecule has 3 atom stereocenters.